The molecule has 0 unspecified atom stereocenters. The molecule has 100 valence electrons. The third-order valence-corrected chi connectivity index (χ3v) is 2.81. The quantitative estimate of drug-likeness (QED) is 0.802. The molecule has 0 aromatic carbocycles. The molecule has 0 radical (unpaired) electrons. The first-order valence-electron chi connectivity index (χ1n) is 5.92. The fourth-order valence-corrected chi connectivity index (χ4v) is 1.52. The molecule has 0 saturated heterocycles. The van der Waals surface area contributed by atoms with Crippen LogP contribution in [0.25, 0.3) is 0 Å². The Morgan fingerprint density at radius 2 is 1.83 bits per heavy atom. The normalized spacial score (nSPS) is 16.8. The summed E-state index contributed by atoms with van der Waals surface area (Å²) in [5.74, 6) is -0.141. The molecule has 0 aliphatic heterocycles. The number of halogens is 3. The molecule has 1 aliphatic carbocycles. The average molecular weight is 259 g/mol. The Labute approximate surface area is 104 Å². The summed E-state index contributed by atoms with van der Waals surface area (Å²) in [6.45, 7) is 5.79. The third-order valence-electron chi connectivity index (χ3n) is 2.81. The maximum Gasteiger partial charge on any atom is 0.437 e. The van der Waals surface area contributed by atoms with Gasteiger partial charge in [-0.15, -0.1) is 0 Å². The van der Waals surface area contributed by atoms with Crippen LogP contribution in [0.15, 0.2) is 12.3 Å². The van der Waals surface area contributed by atoms with Gasteiger partial charge in [0, 0.05) is 6.20 Å². The van der Waals surface area contributed by atoms with Crippen molar-refractivity contribution in [3.05, 3.63) is 23.5 Å². The van der Waals surface area contributed by atoms with Gasteiger partial charge in [-0.3, -0.25) is 0 Å². The number of aromatic nitrogens is 1. The molecular formula is C13H16F3NO. The number of hydrogen-bond donors (Lipinski definition) is 0. The predicted molar refractivity (Wildman–Crippen MR) is 61.6 cm³/mol. The van der Waals surface area contributed by atoms with Crippen LogP contribution in [0, 0.1) is 0 Å². The van der Waals surface area contributed by atoms with Crippen molar-refractivity contribution in [2.24, 2.45) is 0 Å². The zero-order chi connectivity index (χ0) is 13.6. The van der Waals surface area contributed by atoms with Crippen molar-refractivity contribution in [3.8, 4) is 5.75 Å². The van der Waals surface area contributed by atoms with Crippen LogP contribution in [0.1, 0.15) is 44.9 Å². The van der Waals surface area contributed by atoms with Crippen LogP contribution >= 0.6 is 0 Å². The topological polar surface area (TPSA) is 22.1 Å². The summed E-state index contributed by atoms with van der Waals surface area (Å²) >= 11 is 0. The van der Waals surface area contributed by atoms with E-state index in [4.69, 9.17) is 4.74 Å². The first-order valence-corrected chi connectivity index (χ1v) is 5.92. The number of pyridine rings is 1. The van der Waals surface area contributed by atoms with E-state index in [2.05, 4.69) is 4.98 Å². The average Bonchev–Trinajstić information content (AvgIpc) is 2.98. The van der Waals surface area contributed by atoms with Gasteiger partial charge in [-0.2, -0.15) is 13.2 Å². The second kappa shape index (κ2) is 4.14. The Hall–Kier alpha value is -1.26. The van der Waals surface area contributed by atoms with Gasteiger partial charge in [0.25, 0.3) is 0 Å². The first-order chi connectivity index (χ1) is 8.18. The molecule has 1 aromatic heterocycles. The Kier molecular flexibility index (Phi) is 3.03. The molecule has 2 nitrogen and oxygen atoms in total. The van der Waals surface area contributed by atoms with Crippen molar-refractivity contribution in [2.75, 3.05) is 0 Å². The second-order valence-corrected chi connectivity index (χ2v) is 5.64. The molecule has 0 spiro atoms. The lowest BCUT2D eigenvalue weighted by atomic mass is 9.88. The van der Waals surface area contributed by atoms with E-state index in [1.807, 2.05) is 20.8 Å². The van der Waals surface area contributed by atoms with E-state index < -0.39 is 11.9 Å². The standard InChI is InChI=1S/C13H16F3NO/c1-12(2,3)8-6-10(18-9-4-5-9)11(17-7-8)13(14,15)16/h6-7,9H,4-5H2,1-3H3. The van der Waals surface area contributed by atoms with E-state index in [0.717, 1.165) is 18.4 Å². The smallest absolute Gasteiger partial charge is 0.437 e. The molecule has 0 amide bonds. The molecule has 5 heteroatoms. The van der Waals surface area contributed by atoms with Crippen molar-refractivity contribution in [3.63, 3.8) is 0 Å². The fourth-order valence-electron chi connectivity index (χ4n) is 1.52. The largest absolute Gasteiger partial charge is 0.488 e. The monoisotopic (exact) mass is 259 g/mol. The van der Waals surface area contributed by atoms with Gasteiger partial charge in [-0.25, -0.2) is 4.98 Å². The minimum absolute atomic E-state index is 0.0804. The van der Waals surface area contributed by atoms with Crippen molar-refractivity contribution >= 4 is 0 Å². The van der Waals surface area contributed by atoms with Crippen LogP contribution in [-0.4, -0.2) is 11.1 Å². The number of hydrogen-bond acceptors (Lipinski definition) is 2. The summed E-state index contributed by atoms with van der Waals surface area (Å²) < 4.78 is 43.8. The Morgan fingerprint density at radius 1 is 1.22 bits per heavy atom. The molecule has 2 rings (SSSR count). The Balaban J connectivity index is 2.41. The van der Waals surface area contributed by atoms with Gasteiger partial charge < -0.3 is 4.74 Å². The maximum absolute atomic E-state index is 12.8. The highest BCUT2D eigenvalue weighted by atomic mass is 19.4. The fraction of sp³-hybridized carbons (Fsp3) is 0.615. The molecule has 1 saturated carbocycles. The van der Waals surface area contributed by atoms with E-state index in [-0.39, 0.29) is 17.3 Å². The van der Waals surface area contributed by atoms with Crippen LogP contribution < -0.4 is 4.74 Å². The summed E-state index contributed by atoms with van der Waals surface area (Å²) in [6.07, 6.45) is -1.64. The van der Waals surface area contributed by atoms with E-state index >= 15 is 0 Å². The maximum atomic E-state index is 12.8. The number of ether oxygens (including phenoxy) is 1. The van der Waals surface area contributed by atoms with Crippen LogP contribution in [0.3, 0.4) is 0 Å². The minimum Gasteiger partial charge on any atom is -0.488 e. The first kappa shape index (κ1) is 13.2. The van der Waals surface area contributed by atoms with Crippen LogP contribution in [0.2, 0.25) is 0 Å². The Bertz CT molecular complexity index is 445. The van der Waals surface area contributed by atoms with Gasteiger partial charge in [0.15, 0.2) is 11.4 Å². The summed E-state index contributed by atoms with van der Waals surface area (Å²) in [4.78, 5) is 3.55. The van der Waals surface area contributed by atoms with Crippen molar-refractivity contribution in [1.82, 2.24) is 4.98 Å². The van der Waals surface area contributed by atoms with Crippen molar-refractivity contribution < 1.29 is 17.9 Å². The zero-order valence-electron chi connectivity index (χ0n) is 10.6. The molecular weight excluding hydrogens is 243 g/mol. The molecule has 0 N–H and O–H groups in total. The van der Waals surface area contributed by atoms with Crippen molar-refractivity contribution in [1.29, 1.82) is 0 Å². The third kappa shape index (κ3) is 2.94. The predicted octanol–water partition coefficient (Wildman–Crippen LogP) is 3.94. The van der Waals surface area contributed by atoms with Gasteiger partial charge >= 0.3 is 6.18 Å². The van der Waals surface area contributed by atoms with Gasteiger partial charge in [-0.05, 0) is 29.9 Å². The highest BCUT2D eigenvalue weighted by molar-refractivity contribution is 5.36. The van der Waals surface area contributed by atoms with Gasteiger partial charge in [0.1, 0.15) is 0 Å². The Morgan fingerprint density at radius 3 is 2.28 bits per heavy atom. The summed E-state index contributed by atoms with van der Waals surface area (Å²) in [5, 5.41) is 0. The highest BCUT2D eigenvalue weighted by Gasteiger charge is 2.38. The lowest BCUT2D eigenvalue weighted by Crippen LogP contribution is -2.16. The molecule has 0 bridgehead atoms. The number of nitrogens with zero attached hydrogens (tertiary/aromatic N) is 1. The summed E-state index contributed by atoms with van der Waals surface area (Å²) in [6, 6.07) is 1.47. The van der Waals surface area contributed by atoms with E-state index in [0.29, 0.717) is 0 Å². The van der Waals surface area contributed by atoms with Gasteiger partial charge in [0.2, 0.25) is 0 Å². The number of rotatable bonds is 2. The number of alkyl halides is 3. The van der Waals surface area contributed by atoms with E-state index in [1.54, 1.807) is 0 Å². The van der Waals surface area contributed by atoms with Crippen molar-refractivity contribution in [2.45, 2.75) is 51.3 Å². The highest BCUT2D eigenvalue weighted by Crippen LogP contribution is 2.39. The van der Waals surface area contributed by atoms with Crippen LogP contribution in [-0.2, 0) is 11.6 Å². The van der Waals surface area contributed by atoms with Crippen LogP contribution in [0.5, 0.6) is 5.75 Å². The second-order valence-electron chi connectivity index (χ2n) is 5.64. The van der Waals surface area contributed by atoms with Gasteiger partial charge in [-0.1, -0.05) is 20.8 Å². The minimum atomic E-state index is -4.47. The molecule has 18 heavy (non-hydrogen) atoms. The molecule has 1 fully saturated rings. The SMILES string of the molecule is CC(C)(C)c1cnc(C(F)(F)F)c(OC2CC2)c1. The summed E-state index contributed by atoms with van der Waals surface area (Å²) in [7, 11) is 0. The van der Waals surface area contributed by atoms with Gasteiger partial charge in [0.05, 0.1) is 6.10 Å². The van der Waals surface area contributed by atoms with E-state index in [9.17, 15) is 13.2 Å². The lowest BCUT2D eigenvalue weighted by molar-refractivity contribution is -0.142. The van der Waals surface area contributed by atoms with Crippen LogP contribution in [0.4, 0.5) is 13.2 Å². The molecule has 1 aliphatic rings. The zero-order valence-corrected chi connectivity index (χ0v) is 10.6. The lowest BCUT2D eigenvalue weighted by Gasteiger charge is -2.21. The van der Waals surface area contributed by atoms with E-state index in [1.165, 1.54) is 12.3 Å². The molecule has 1 heterocycles. The summed E-state index contributed by atoms with van der Waals surface area (Å²) in [5.41, 5.74) is -0.438. The molecule has 0 atom stereocenters. The molecule has 1 aromatic rings.